The zero-order valence-electron chi connectivity index (χ0n) is 6.44. The van der Waals surface area contributed by atoms with E-state index in [4.69, 9.17) is 11.0 Å². The maximum atomic E-state index is 8.40. The Kier molecular flexibility index (Phi) is 3.26. The van der Waals surface area contributed by atoms with E-state index in [0.717, 1.165) is 4.47 Å². The highest BCUT2D eigenvalue weighted by atomic mass is 79.9. The lowest BCUT2D eigenvalue weighted by atomic mass is 10.2. The van der Waals surface area contributed by atoms with Crippen LogP contribution in [0, 0.1) is 11.3 Å². The molecule has 1 aromatic rings. The largest absolute Gasteiger partial charge is 0.316 e. The highest BCUT2D eigenvalue weighted by Gasteiger charge is 2.00. The molecule has 0 aromatic carbocycles. The molecule has 5 heteroatoms. The smallest absolute Gasteiger partial charge is 0.0945 e. The first-order valence-corrected chi connectivity index (χ1v) is 4.35. The van der Waals surface area contributed by atoms with Gasteiger partial charge in [0.15, 0.2) is 0 Å². The molecule has 12 heavy (non-hydrogen) atoms. The van der Waals surface area contributed by atoms with E-state index in [2.05, 4.69) is 21.0 Å². The Morgan fingerprint density at radius 1 is 1.83 bits per heavy atom. The molecule has 0 saturated carbocycles. The molecule has 1 heterocycles. The third kappa shape index (κ3) is 2.64. The van der Waals surface area contributed by atoms with E-state index >= 15 is 0 Å². The highest BCUT2D eigenvalue weighted by molar-refractivity contribution is 9.10. The van der Waals surface area contributed by atoms with Gasteiger partial charge in [0.05, 0.1) is 22.8 Å². The third-order valence-electron chi connectivity index (χ3n) is 1.44. The molecule has 0 fully saturated rings. The fraction of sp³-hybridized carbons (Fsp3) is 0.429. The van der Waals surface area contributed by atoms with Gasteiger partial charge in [-0.05, 0) is 22.4 Å². The maximum absolute atomic E-state index is 8.40. The van der Waals surface area contributed by atoms with Crippen molar-refractivity contribution in [1.29, 1.82) is 5.26 Å². The first-order chi connectivity index (χ1) is 5.72. The molecule has 64 valence electrons. The van der Waals surface area contributed by atoms with Gasteiger partial charge in [0.2, 0.25) is 0 Å². The molecule has 0 aliphatic heterocycles. The average molecular weight is 229 g/mol. The summed E-state index contributed by atoms with van der Waals surface area (Å²) in [5, 5.41) is 12.4. The lowest BCUT2D eigenvalue weighted by Gasteiger charge is -2.01. The number of aromatic nitrogens is 2. The molecule has 1 atom stereocenters. The maximum Gasteiger partial charge on any atom is 0.0945 e. The molecule has 0 aliphatic rings. The van der Waals surface area contributed by atoms with Gasteiger partial charge < -0.3 is 5.73 Å². The SMILES string of the molecule is N#CC(N)CCn1cc(Br)cn1. The van der Waals surface area contributed by atoms with Crippen LogP contribution in [-0.2, 0) is 6.54 Å². The Bertz CT molecular complexity index is 288. The van der Waals surface area contributed by atoms with Crippen LogP contribution in [0.1, 0.15) is 6.42 Å². The van der Waals surface area contributed by atoms with E-state index in [0.29, 0.717) is 13.0 Å². The summed E-state index contributed by atoms with van der Waals surface area (Å²) in [6.45, 7) is 0.681. The molecule has 0 saturated heterocycles. The first-order valence-electron chi connectivity index (χ1n) is 3.55. The Morgan fingerprint density at radius 2 is 2.58 bits per heavy atom. The van der Waals surface area contributed by atoms with E-state index in [9.17, 15) is 0 Å². The molecule has 0 aliphatic carbocycles. The van der Waals surface area contributed by atoms with Crippen molar-refractivity contribution < 1.29 is 0 Å². The monoisotopic (exact) mass is 228 g/mol. The standard InChI is InChI=1S/C7H9BrN4/c8-6-4-11-12(5-6)2-1-7(10)3-9/h4-5,7H,1-2,10H2. The minimum atomic E-state index is -0.395. The van der Waals surface area contributed by atoms with Crippen LogP contribution in [-0.4, -0.2) is 15.8 Å². The second kappa shape index (κ2) is 4.24. The van der Waals surface area contributed by atoms with Crippen LogP contribution in [0.2, 0.25) is 0 Å². The van der Waals surface area contributed by atoms with Crippen molar-refractivity contribution in [3.05, 3.63) is 16.9 Å². The minimum absolute atomic E-state index is 0.395. The summed E-state index contributed by atoms with van der Waals surface area (Å²) < 4.78 is 2.69. The van der Waals surface area contributed by atoms with Crippen molar-refractivity contribution in [1.82, 2.24) is 9.78 Å². The summed E-state index contributed by atoms with van der Waals surface area (Å²) in [4.78, 5) is 0. The van der Waals surface area contributed by atoms with Gasteiger partial charge in [0.25, 0.3) is 0 Å². The molecule has 4 nitrogen and oxygen atoms in total. The summed E-state index contributed by atoms with van der Waals surface area (Å²) in [7, 11) is 0. The van der Waals surface area contributed by atoms with Crippen LogP contribution in [0.4, 0.5) is 0 Å². The first kappa shape index (κ1) is 9.23. The van der Waals surface area contributed by atoms with Crippen LogP contribution in [0.5, 0.6) is 0 Å². The van der Waals surface area contributed by atoms with Gasteiger partial charge >= 0.3 is 0 Å². The van der Waals surface area contributed by atoms with E-state index in [1.54, 1.807) is 10.9 Å². The number of rotatable bonds is 3. The topological polar surface area (TPSA) is 67.6 Å². The van der Waals surface area contributed by atoms with Gasteiger partial charge in [-0.25, -0.2) is 0 Å². The van der Waals surface area contributed by atoms with E-state index < -0.39 is 6.04 Å². The molecule has 1 rings (SSSR count). The number of hydrogen-bond acceptors (Lipinski definition) is 3. The second-order valence-corrected chi connectivity index (χ2v) is 3.36. The number of halogens is 1. The van der Waals surface area contributed by atoms with Crippen molar-refractivity contribution in [2.75, 3.05) is 0 Å². The fourth-order valence-corrected chi connectivity index (χ4v) is 1.12. The van der Waals surface area contributed by atoms with Gasteiger partial charge in [0, 0.05) is 12.7 Å². The summed E-state index contributed by atoms with van der Waals surface area (Å²) in [6.07, 6.45) is 4.19. The zero-order chi connectivity index (χ0) is 8.97. The Labute approximate surface area is 79.1 Å². The normalized spacial score (nSPS) is 12.4. The number of nitrogens with two attached hydrogens (primary N) is 1. The average Bonchev–Trinajstić information content (AvgIpc) is 2.47. The quantitative estimate of drug-likeness (QED) is 0.836. The third-order valence-corrected chi connectivity index (χ3v) is 1.85. The summed E-state index contributed by atoms with van der Waals surface area (Å²) in [6, 6.07) is 1.57. The van der Waals surface area contributed by atoms with Crippen molar-refractivity contribution in [2.45, 2.75) is 19.0 Å². The number of nitrogens with zero attached hydrogens (tertiary/aromatic N) is 3. The predicted molar refractivity (Wildman–Crippen MR) is 48.1 cm³/mol. The van der Waals surface area contributed by atoms with Crippen molar-refractivity contribution >= 4 is 15.9 Å². The van der Waals surface area contributed by atoms with Gasteiger partial charge in [-0.1, -0.05) is 0 Å². The summed E-state index contributed by atoms with van der Waals surface area (Å²) >= 11 is 3.28. The minimum Gasteiger partial charge on any atom is -0.316 e. The summed E-state index contributed by atoms with van der Waals surface area (Å²) in [5.74, 6) is 0. The molecule has 0 amide bonds. The van der Waals surface area contributed by atoms with Crippen LogP contribution in [0.25, 0.3) is 0 Å². The van der Waals surface area contributed by atoms with Crippen LogP contribution in [0.15, 0.2) is 16.9 Å². The lowest BCUT2D eigenvalue weighted by Crippen LogP contribution is -2.19. The molecule has 0 radical (unpaired) electrons. The number of hydrogen-bond donors (Lipinski definition) is 1. The van der Waals surface area contributed by atoms with Crippen molar-refractivity contribution in [3.63, 3.8) is 0 Å². The lowest BCUT2D eigenvalue weighted by molar-refractivity contribution is 0.554. The van der Waals surface area contributed by atoms with E-state index in [-0.39, 0.29) is 0 Å². The van der Waals surface area contributed by atoms with Gasteiger partial charge in [-0.3, -0.25) is 4.68 Å². The van der Waals surface area contributed by atoms with Crippen molar-refractivity contribution in [2.24, 2.45) is 5.73 Å². The van der Waals surface area contributed by atoms with Crippen LogP contribution < -0.4 is 5.73 Å². The Balaban J connectivity index is 2.39. The van der Waals surface area contributed by atoms with Crippen LogP contribution >= 0.6 is 15.9 Å². The molecule has 1 unspecified atom stereocenters. The van der Waals surface area contributed by atoms with Gasteiger partial charge in [-0.2, -0.15) is 10.4 Å². The molecular weight excluding hydrogens is 220 g/mol. The van der Waals surface area contributed by atoms with Crippen molar-refractivity contribution in [3.8, 4) is 6.07 Å². The molecular formula is C7H9BrN4. The Morgan fingerprint density at radius 3 is 3.08 bits per heavy atom. The number of nitriles is 1. The molecule has 2 N–H and O–H groups in total. The zero-order valence-corrected chi connectivity index (χ0v) is 8.03. The van der Waals surface area contributed by atoms with Gasteiger partial charge in [-0.15, -0.1) is 0 Å². The highest BCUT2D eigenvalue weighted by Crippen LogP contribution is 2.06. The molecule has 0 bridgehead atoms. The summed E-state index contributed by atoms with van der Waals surface area (Å²) in [5.41, 5.74) is 5.41. The molecule has 1 aromatic heterocycles. The fourth-order valence-electron chi connectivity index (χ4n) is 0.797. The van der Waals surface area contributed by atoms with Gasteiger partial charge in [0.1, 0.15) is 0 Å². The second-order valence-electron chi connectivity index (χ2n) is 2.45. The van der Waals surface area contributed by atoms with E-state index in [1.165, 1.54) is 0 Å². The van der Waals surface area contributed by atoms with E-state index in [1.807, 2.05) is 12.3 Å². The Hall–Kier alpha value is -0.860. The predicted octanol–water partition coefficient (Wildman–Crippen LogP) is 0.887. The number of aryl methyl sites for hydroxylation is 1. The molecule has 0 spiro atoms. The van der Waals surface area contributed by atoms with Crippen LogP contribution in [0.3, 0.4) is 0 Å².